The summed E-state index contributed by atoms with van der Waals surface area (Å²) in [6, 6.07) is 0. The number of methoxy groups -OCH3 is 1. The van der Waals surface area contributed by atoms with E-state index in [1.807, 2.05) is 0 Å². The molecule has 4 aliphatic rings. The predicted octanol–water partition coefficient (Wildman–Crippen LogP) is 4.22. The van der Waals surface area contributed by atoms with Crippen LogP contribution in [0.25, 0.3) is 0 Å². The fourth-order valence-corrected chi connectivity index (χ4v) is 7.73. The van der Waals surface area contributed by atoms with Crippen molar-refractivity contribution in [3.63, 3.8) is 0 Å². The average Bonchev–Trinajstić information content (AvgIpc) is 2.96. The molecule has 0 spiro atoms. The third-order valence-corrected chi connectivity index (χ3v) is 8.74. The highest BCUT2D eigenvalue weighted by Gasteiger charge is 2.58. The summed E-state index contributed by atoms with van der Waals surface area (Å²) in [6.45, 7) is 1.49. The van der Waals surface area contributed by atoms with Crippen molar-refractivity contribution >= 4 is 5.78 Å². The van der Waals surface area contributed by atoms with Gasteiger partial charge in [0.25, 0.3) is 0 Å². The molecule has 3 nitrogen and oxygen atoms in total. The van der Waals surface area contributed by atoms with E-state index in [1.54, 1.807) is 6.92 Å². The normalized spacial score (nSPS) is 56.2. The molecule has 142 valence electrons. The van der Waals surface area contributed by atoms with Crippen molar-refractivity contribution in [2.75, 3.05) is 13.6 Å². The van der Waals surface area contributed by atoms with Gasteiger partial charge >= 0.3 is 0 Å². The molecule has 0 aromatic carbocycles. The first-order chi connectivity index (χ1) is 13.8. The van der Waals surface area contributed by atoms with Gasteiger partial charge in [0, 0.05) is 13.0 Å². The van der Waals surface area contributed by atoms with Gasteiger partial charge in [-0.15, -0.1) is 0 Å². The van der Waals surface area contributed by atoms with Crippen LogP contribution in [0.5, 0.6) is 0 Å². The Morgan fingerprint density at radius 2 is 1.96 bits per heavy atom. The van der Waals surface area contributed by atoms with Crippen LogP contribution in [0.2, 0.25) is 0 Å². The SMILES string of the molecule is [2H]C([2H])([2H])OC([2H])([2H])[C@@]1(O)CC[C@H]2[C@@H](CC[C@@H]3[C@@H]2CC[C@]2(C)[C@@H](C(C)=O)CC[C@@H]32)C1. The fraction of sp³-hybridized carbons (Fsp3) is 0.955. The topological polar surface area (TPSA) is 46.5 Å². The number of carbonyl (C=O) groups excluding carboxylic acids is 1. The molecule has 0 unspecified atom stereocenters. The lowest BCUT2D eigenvalue weighted by Gasteiger charge is -2.57. The highest BCUT2D eigenvalue weighted by Crippen LogP contribution is 2.64. The third-order valence-electron chi connectivity index (χ3n) is 8.74. The van der Waals surface area contributed by atoms with Crippen LogP contribution in [0.15, 0.2) is 0 Å². The van der Waals surface area contributed by atoms with Gasteiger partial charge in [-0.2, -0.15) is 0 Å². The van der Waals surface area contributed by atoms with E-state index in [1.165, 1.54) is 0 Å². The summed E-state index contributed by atoms with van der Waals surface area (Å²) in [5.74, 6) is 2.98. The minimum Gasteiger partial charge on any atom is -0.387 e. The smallest absolute Gasteiger partial charge is 0.133 e. The number of fused-ring (bicyclic) bond motifs is 5. The molecule has 25 heavy (non-hydrogen) atoms. The Bertz CT molecular complexity index is 695. The summed E-state index contributed by atoms with van der Waals surface area (Å²) in [5.41, 5.74) is -1.63. The van der Waals surface area contributed by atoms with Crippen molar-refractivity contribution < 1.29 is 21.5 Å². The van der Waals surface area contributed by atoms with Gasteiger partial charge in [0.05, 0.1) is 19.0 Å². The van der Waals surface area contributed by atoms with Gasteiger partial charge < -0.3 is 9.84 Å². The number of hydrogen-bond donors (Lipinski definition) is 1. The van der Waals surface area contributed by atoms with Crippen LogP contribution in [0.4, 0.5) is 0 Å². The zero-order valence-corrected chi connectivity index (χ0v) is 15.6. The molecule has 0 aromatic rings. The molecule has 0 amide bonds. The van der Waals surface area contributed by atoms with Gasteiger partial charge in [-0.25, -0.2) is 0 Å². The fourth-order valence-electron chi connectivity index (χ4n) is 7.73. The van der Waals surface area contributed by atoms with E-state index in [9.17, 15) is 9.90 Å². The van der Waals surface area contributed by atoms with Crippen LogP contribution in [0.1, 0.15) is 78.5 Å². The van der Waals surface area contributed by atoms with E-state index in [2.05, 4.69) is 6.92 Å². The third kappa shape index (κ3) is 2.81. The maximum absolute atomic E-state index is 12.2. The van der Waals surface area contributed by atoms with Gasteiger partial charge in [0.15, 0.2) is 0 Å². The lowest BCUT2D eigenvalue weighted by atomic mass is 9.49. The van der Waals surface area contributed by atoms with E-state index in [0.717, 1.165) is 38.5 Å². The Morgan fingerprint density at radius 3 is 2.72 bits per heavy atom. The molecule has 0 saturated heterocycles. The Hall–Kier alpha value is -0.410. The van der Waals surface area contributed by atoms with Crippen LogP contribution in [-0.4, -0.2) is 30.1 Å². The van der Waals surface area contributed by atoms with Gasteiger partial charge in [-0.3, -0.25) is 4.79 Å². The molecule has 1 N–H and O–H groups in total. The summed E-state index contributed by atoms with van der Waals surface area (Å²) < 4.78 is 42.8. The minimum absolute atomic E-state index is 0.125. The number of hydrogen-bond acceptors (Lipinski definition) is 3. The molecular weight excluding hydrogens is 312 g/mol. The maximum Gasteiger partial charge on any atom is 0.133 e. The van der Waals surface area contributed by atoms with E-state index < -0.39 is 19.2 Å². The van der Waals surface area contributed by atoms with Crippen LogP contribution in [0.3, 0.4) is 0 Å². The number of ketones is 1. The van der Waals surface area contributed by atoms with Crippen LogP contribution in [-0.2, 0) is 9.53 Å². The monoisotopic (exact) mass is 353 g/mol. The van der Waals surface area contributed by atoms with E-state index in [-0.39, 0.29) is 30.1 Å². The van der Waals surface area contributed by atoms with Crippen molar-refractivity contribution in [3.8, 4) is 0 Å². The van der Waals surface area contributed by atoms with Crippen LogP contribution >= 0.6 is 0 Å². The molecule has 0 aliphatic heterocycles. The van der Waals surface area contributed by atoms with Crippen molar-refractivity contribution in [3.05, 3.63) is 0 Å². The summed E-state index contributed by atoms with van der Waals surface area (Å²) in [7, 11) is -2.88. The molecule has 0 bridgehead atoms. The summed E-state index contributed by atoms with van der Waals surface area (Å²) in [5, 5.41) is 11.1. The van der Waals surface area contributed by atoms with Crippen molar-refractivity contribution in [1.29, 1.82) is 0 Å². The average molecular weight is 354 g/mol. The molecule has 8 atom stereocenters. The zero-order chi connectivity index (χ0) is 22.1. The minimum atomic E-state index is -2.88. The molecular formula is C22H36O3. The summed E-state index contributed by atoms with van der Waals surface area (Å²) in [6.07, 6.45) is 7.56. The quantitative estimate of drug-likeness (QED) is 0.826. The van der Waals surface area contributed by atoms with Gasteiger partial charge in [0.2, 0.25) is 0 Å². The highest BCUT2D eigenvalue weighted by atomic mass is 16.5. The van der Waals surface area contributed by atoms with E-state index >= 15 is 0 Å². The lowest BCUT2D eigenvalue weighted by molar-refractivity contribution is -0.134. The van der Waals surface area contributed by atoms with Crippen molar-refractivity contribution in [2.45, 2.75) is 77.2 Å². The van der Waals surface area contributed by atoms with E-state index in [4.69, 9.17) is 11.6 Å². The zero-order valence-electron chi connectivity index (χ0n) is 20.6. The Kier molecular flexibility index (Phi) is 3.27. The number of aliphatic hydroxyl groups is 1. The molecule has 3 heteroatoms. The second kappa shape index (κ2) is 6.34. The first-order valence-corrected chi connectivity index (χ1v) is 10.2. The maximum atomic E-state index is 12.2. The number of ether oxygens (including phenoxy) is 1. The Morgan fingerprint density at radius 1 is 1.16 bits per heavy atom. The second-order valence-corrected chi connectivity index (χ2v) is 9.70. The van der Waals surface area contributed by atoms with Crippen molar-refractivity contribution in [2.24, 2.45) is 40.9 Å². The Labute approximate surface area is 159 Å². The molecule has 4 saturated carbocycles. The molecule has 0 heterocycles. The molecule has 4 fully saturated rings. The predicted molar refractivity (Wildman–Crippen MR) is 98.1 cm³/mol. The van der Waals surface area contributed by atoms with Crippen LogP contribution in [0, 0.1) is 40.9 Å². The number of Topliss-reactive ketones (excluding diaryl/α,β-unsaturated/α-hetero) is 1. The first-order valence-electron chi connectivity index (χ1n) is 12.7. The summed E-state index contributed by atoms with van der Waals surface area (Å²) >= 11 is 0. The molecule has 0 aromatic heterocycles. The van der Waals surface area contributed by atoms with Gasteiger partial charge in [-0.05, 0) is 99.7 Å². The number of carbonyl (C=O) groups is 1. The molecule has 4 rings (SSSR count). The largest absolute Gasteiger partial charge is 0.387 e. The molecule has 4 aliphatic carbocycles. The summed E-state index contributed by atoms with van der Waals surface area (Å²) in [4.78, 5) is 12.2. The Balaban J connectivity index is 1.49. The first kappa shape index (κ1) is 12.9. The van der Waals surface area contributed by atoms with Crippen molar-refractivity contribution in [1.82, 2.24) is 0 Å². The van der Waals surface area contributed by atoms with Gasteiger partial charge in [0.1, 0.15) is 5.78 Å². The lowest BCUT2D eigenvalue weighted by Crippen LogP contribution is -2.52. The van der Waals surface area contributed by atoms with Crippen LogP contribution < -0.4 is 0 Å². The standard InChI is InChI=1S/C22H36O3/c1-14(23)19-6-7-20-18-5-4-15-12-22(24,13-25-3)11-9-16(15)17(18)8-10-21(19,20)2/h15-20,24H,4-13H2,1-3H3/t15-,16-,17+,18+,19+,20-,21+,22+/m0/s1/i3D3,13D2. The van der Waals surface area contributed by atoms with E-state index in [0.29, 0.717) is 35.9 Å². The highest BCUT2D eigenvalue weighted by molar-refractivity contribution is 5.79. The second-order valence-electron chi connectivity index (χ2n) is 9.70. The number of rotatable bonds is 3. The van der Waals surface area contributed by atoms with Gasteiger partial charge in [-0.1, -0.05) is 6.92 Å². The molecule has 0 radical (unpaired) electrons.